The van der Waals surface area contributed by atoms with E-state index in [4.69, 9.17) is 10.5 Å². The lowest BCUT2D eigenvalue weighted by molar-refractivity contribution is -0.117. The van der Waals surface area contributed by atoms with Gasteiger partial charge in [0, 0.05) is 25.2 Å². The lowest BCUT2D eigenvalue weighted by Crippen LogP contribution is -2.32. The number of nitrogens with one attached hydrogen (secondary N) is 1. The molecule has 4 rings (SSSR count). The summed E-state index contributed by atoms with van der Waals surface area (Å²) in [6.45, 7) is 1.86. The fourth-order valence-corrected chi connectivity index (χ4v) is 4.29. The number of benzene rings is 3. The number of carbonyl (C=O) groups is 2. The SMILES string of the molecule is C[C@H](N)C(=O)Nc1ccc(CO)c(CN(C)C(=O)OCC2c3ccccc3-c3ccccc32)c1. The van der Waals surface area contributed by atoms with Gasteiger partial charge in [0.05, 0.1) is 12.6 Å². The highest BCUT2D eigenvalue weighted by Crippen LogP contribution is 2.44. The molecule has 0 aliphatic heterocycles. The molecule has 0 saturated heterocycles. The lowest BCUT2D eigenvalue weighted by atomic mass is 9.98. The molecule has 0 heterocycles. The third-order valence-corrected chi connectivity index (χ3v) is 6.11. The quantitative estimate of drug-likeness (QED) is 0.498. The Bertz CT molecular complexity index is 1160. The first-order valence-electron chi connectivity index (χ1n) is 11.2. The van der Waals surface area contributed by atoms with Crippen LogP contribution in [0.25, 0.3) is 11.1 Å². The average molecular weight is 460 g/mol. The van der Waals surface area contributed by atoms with E-state index in [1.165, 1.54) is 16.0 Å². The number of fused-ring (bicyclic) bond motifs is 3. The van der Waals surface area contributed by atoms with Crippen LogP contribution in [0.15, 0.2) is 66.7 Å². The van der Waals surface area contributed by atoms with Crippen molar-refractivity contribution in [3.8, 4) is 11.1 Å². The van der Waals surface area contributed by atoms with Crippen LogP contribution in [0.4, 0.5) is 10.5 Å². The molecule has 0 saturated carbocycles. The fraction of sp³-hybridized carbons (Fsp3) is 0.259. The lowest BCUT2D eigenvalue weighted by Gasteiger charge is -2.21. The number of hydrogen-bond donors (Lipinski definition) is 3. The molecule has 2 amide bonds. The molecule has 3 aromatic rings. The van der Waals surface area contributed by atoms with Crippen LogP contribution in [0, 0.1) is 0 Å². The summed E-state index contributed by atoms with van der Waals surface area (Å²) in [6.07, 6.45) is -0.462. The molecule has 3 aromatic carbocycles. The van der Waals surface area contributed by atoms with Gasteiger partial charge in [0.15, 0.2) is 0 Å². The van der Waals surface area contributed by atoms with Crippen molar-refractivity contribution < 1.29 is 19.4 Å². The van der Waals surface area contributed by atoms with E-state index in [0.717, 1.165) is 11.1 Å². The van der Waals surface area contributed by atoms with Gasteiger partial charge < -0.3 is 25.8 Å². The van der Waals surface area contributed by atoms with Crippen LogP contribution in [0.5, 0.6) is 0 Å². The smallest absolute Gasteiger partial charge is 0.409 e. The predicted octanol–water partition coefficient (Wildman–Crippen LogP) is 3.85. The first kappa shape index (κ1) is 23.5. The van der Waals surface area contributed by atoms with Crippen LogP contribution in [0.1, 0.15) is 35.1 Å². The number of nitrogens with two attached hydrogens (primary N) is 1. The average Bonchev–Trinajstić information content (AvgIpc) is 3.16. The second-order valence-corrected chi connectivity index (χ2v) is 8.58. The Morgan fingerprint density at radius 1 is 1.03 bits per heavy atom. The van der Waals surface area contributed by atoms with Gasteiger partial charge in [0.2, 0.25) is 5.91 Å². The molecular weight excluding hydrogens is 430 g/mol. The number of carbonyl (C=O) groups excluding carboxylic acids is 2. The number of aliphatic hydroxyl groups is 1. The van der Waals surface area contributed by atoms with Crippen molar-refractivity contribution in [1.29, 1.82) is 0 Å². The van der Waals surface area contributed by atoms with Gasteiger partial charge >= 0.3 is 6.09 Å². The zero-order chi connectivity index (χ0) is 24.2. The molecule has 176 valence electrons. The largest absolute Gasteiger partial charge is 0.448 e. The maximum atomic E-state index is 12.8. The van der Waals surface area contributed by atoms with Crippen molar-refractivity contribution in [3.63, 3.8) is 0 Å². The molecular formula is C27H29N3O4. The zero-order valence-corrected chi connectivity index (χ0v) is 19.3. The molecule has 1 aliphatic rings. The van der Waals surface area contributed by atoms with E-state index in [1.807, 2.05) is 24.3 Å². The van der Waals surface area contributed by atoms with Crippen molar-refractivity contribution in [2.75, 3.05) is 19.0 Å². The highest BCUT2D eigenvalue weighted by Gasteiger charge is 2.29. The second-order valence-electron chi connectivity index (χ2n) is 8.58. The molecule has 0 radical (unpaired) electrons. The highest BCUT2D eigenvalue weighted by atomic mass is 16.6. The van der Waals surface area contributed by atoms with Crippen molar-refractivity contribution in [1.82, 2.24) is 4.90 Å². The molecule has 7 heteroatoms. The van der Waals surface area contributed by atoms with Gasteiger partial charge in [0.1, 0.15) is 6.61 Å². The van der Waals surface area contributed by atoms with Crippen LogP contribution in [-0.4, -0.2) is 41.7 Å². The minimum absolute atomic E-state index is 0.0189. The number of hydrogen-bond acceptors (Lipinski definition) is 5. The standard InChI is InChI=1S/C27H29N3O4/c1-17(28)26(32)29-20-12-11-18(15-31)19(13-20)14-30(2)27(33)34-16-25-23-9-5-3-7-21(23)22-8-4-6-10-24(22)25/h3-13,17,25,31H,14-16,28H2,1-2H3,(H,29,32)/t17-/m0/s1. The van der Waals surface area contributed by atoms with Gasteiger partial charge in [-0.15, -0.1) is 0 Å². The van der Waals surface area contributed by atoms with Crippen LogP contribution in [0.2, 0.25) is 0 Å². The molecule has 0 bridgehead atoms. The van der Waals surface area contributed by atoms with Crippen molar-refractivity contribution in [3.05, 3.63) is 89.0 Å². The number of amides is 2. The topological polar surface area (TPSA) is 105 Å². The Labute approximate surface area is 199 Å². The molecule has 1 atom stereocenters. The maximum Gasteiger partial charge on any atom is 0.409 e. The number of ether oxygens (including phenoxy) is 1. The summed E-state index contributed by atoms with van der Waals surface area (Å²) in [7, 11) is 1.65. The summed E-state index contributed by atoms with van der Waals surface area (Å²) >= 11 is 0. The first-order valence-corrected chi connectivity index (χ1v) is 11.2. The molecule has 0 aromatic heterocycles. The minimum atomic E-state index is -0.649. The third kappa shape index (κ3) is 4.81. The van der Waals surface area contributed by atoms with Crippen molar-refractivity contribution in [2.24, 2.45) is 5.73 Å². The summed E-state index contributed by atoms with van der Waals surface area (Å²) < 4.78 is 5.71. The van der Waals surface area contributed by atoms with Crippen LogP contribution >= 0.6 is 0 Å². The Kier molecular flexibility index (Phi) is 6.95. The number of aliphatic hydroxyl groups excluding tert-OH is 1. The molecule has 0 spiro atoms. The van der Waals surface area contributed by atoms with E-state index in [9.17, 15) is 14.7 Å². The Morgan fingerprint density at radius 2 is 1.65 bits per heavy atom. The van der Waals surface area contributed by atoms with Crippen molar-refractivity contribution in [2.45, 2.75) is 32.0 Å². The van der Waals surface area contributed by atoms with E-state index >= 15 is 0 Å². The predicted molar refractivity (Wildman–Crippen MR) is 131 cm³/mol. The highest BCUT2D eigenvalue weighted by molar-refractivity contribution is 5.94. The van der Waals surface area contributed by atoms with E-state index in [2.05, 4.69) is 29.6 Å². The summed E-state index contributed by atoms with van der Waals surface area (Å²) in [5.41, 5.74) is 12.2. The van der Waals surface area contributed by atoms with Gasteiger partial charge in [-0.3, -0.25) is 4.79 Å². The van der Waals surface area contributed by atoms with Crippen LogP contribution in [-0.2, 0) is 22.7 Å². The van der Waals surface area contributed by atoms with E-state index in [0.29, 0.717) is 16.8 Å². The number of nitrogens with zero attached hydrogens (tertiary/aromatic N) is 1. The minimum Gasteiger partial charge on any atom is -0.448 e. The molecule has 34 heavy (non-hydrogen) atoms. The number of anilines is 1. The normalized spacial score (nSPS) is 13.1. The molecule has 7 nitrogen and oxygen atoms in total. The Morgan fingerprint density at radius 3 is 2.24 bits per heavy atom. The van der Waals surface area contributed by atoms with Gasteiger partial charge in [0.25, 0.3) is 0 Å². The van der Waals surface area contributed by atoms with E-state index in [-0.39, 0.29) is 31.6 Å². The molecule has 4 N–H and O–H groups in total. The first-order chi connectivity index (χ1) is 16.4. The van der Waals surface area contributed by atoms with Crippen molar-refractivity contribution >= 4 is 17.7 Å². The summed E-state index contributed by atoms with van der Waals surface area (Å²) in [5.74, 6) is -0.331. The fourth-order valence-electron chi connectivity index (χ4n) is 4.29. The van der Waals surface area contributed by atoms with E-state index in [1.54, 1.807) is 32.2 Å². The summed E-state index contributed by atoms with van der Waals surface area (Å²) in [5, 5.41) is 12.5. The van der Waals surface area contributed by atoms with Gasteiger partial charge in [-0.25, -0.2) is 4.79 Å². The monoisotopic (exact) mass is 459 g/mol. The van der Waals surface area contributed by atoms with Crippen LogP contribution in [0.3, 0.4) is 0 Å². The zero-order valence-electron chi connectivity index (χ0n) is 19.3. The maximum absolute atomic E-state index is 12.8. The molecule has 0 unspecified atom stereocenters. The molecule has 1 aliphatic carbocycles. The second kappa shape index (κ2) is 10.1. The number of rotatable bonds is 7. The van der Waals surface area contributed by atoms with Crippen LogP contribution < -0.4 is 11.1 Å². The molecule has 0 fully saturated rings. The Balaban J connectivity index is 1.45. The van der Waals surface area contributed by atoms with Gasteiger partial charge in [-0.1, -0.05) is 54.6 Å². The summed E-state index contributed by atoms with van der Waals surface area (Å²) in [4.78, 5) is 26.2. The third-order valence-electron chi connectivity index (χ3n) is 6.11. The Hall–Kier alpha value is -3.68. The summed E-state index contributed by atoms with van der Waals surface area (Å²) in [6, 6.07) is 20.9. The van der Waals surface area contributed by atoms with Gasteiger partial charge in [-0.2, -0.15) is 0 Å². The van der Waals surface area contributed by atoms with Gasteiger partial charge in [-0.05, 0) is 52.4 Å². The van der Waals surface area contributed by atoms with E-state index < -0.39 is 12.1 Å².